The number of benzene rings is 2. The van der Waals surface area contributed by atoms with Crippen LogP contribution in [-0.2, 0) is 12.8 Å². The molecular formula is C15H10F3NO3S. The number of aliphatic hydroxyl groups is 1. The second-order valence-corrected chi connectivity index (χ2v) is 5.06. The zero-order valence-corrected chi connectivity index (χ0v) is 12.3. The van der Waals surface area contributed by atoms with Crippen LogP contribution in [0.5, 0.6) is 11.5 Å². The van der Waals surface area contributed by atoms with Crippen LogP contribution in [0.25, 0.3) is 0 Å². The smallest absolute Gasteiger partial charge is 0.417 e. The largest absolute Gasteiger partial charge is 0.457 e. The van der Waals surface area contributed by atoms with Crippen molar-refractivity contribution in [2.45, 2.75) is 17.7 Å². The lowest BCUT2D eigenvalue weighted by atomic mass is 10.1. The van der Waals surface area contributed by atoms with Crippen molar-refractivity contribution in [3.8, 4) is 17.6 Å². The number of halogens is 3. The van der Waals surface area contributed by atoms with Crippen molar-refractivity contribution in [1.29, 1.82) is 5.26 Å². The Bertz CT molecular complexity index is 757. The average Bonchev–Trinajstić information content (AvgIpc) is 2.53. The summed E-state index contributed by atoms with van der Waals surface area (Å²) in [4.78, 5) is 0.413. The molecule has 120 valence electrons. The molecular weight excluding hydrogens is 331 g/mol. The predicted molar refractivity (Wildman–Crippen MR) is 77.1 cm³/mol. The Labute approximate surface area is 134 Å². The maximum atomic E-state index is 12.9. The van der Waals surface area contributed by atoms with E-state index in [4.69, 9.17) is 14.6 Å². The minimum atomic E-state index is -4.67. The van der Waals surface area contributed by atoms with Gasteiger partial charge >= 0.3 is 6.18 Å². The van der Waals surface area contributed by atoms with Crippen LogP contribution >= 0.6 is 12.0 Å². The van der Waals surface area contributed by atoms with Gasteiger partial charge in [0, 0.05) is 16.9 Å². The summed E-state index contributed by atoms with van der Waals surface area (Å²) in [5.41, 5.74) is -1.20. The normalized spacial score (nSPS) is 11.1. The molecule has 4 nitrogen and oxygen atoms in total. The lowest BCUT2D eigenvalue weighted by Gasteiger charge is -2.12. The molecule has 2 aromatic rings. The van der Waals surface area contributed by atoms with E-state index in [0.29, 0.717) is 22.5 Å². The van der Waals surface area contributed by atoms with E-state index in [1.54, 1.807) is 0 Å². The summed E-state index contributed by atoms with van der Waals surface area (Å²) < 4.78 is 53.1. The minimum absolute atomic E-state index is 0.0929. The maximum Gasteiger partial charge on any atom is 0.417 e. The van der Waals surface area contributed by atoms with Crippen molar-refractivity contribution in [3.63, 3.8) is 0 Å². The van der Waals surface area contributed by atoms with Gasteiger partial charge in [-0.25, -0.2) is 0 Å². The molecule has 2 aromatic carbocycles. The Morgan fingerprint density at radius 2 is 1.78 bits per heavy atom. The van der Waals surface area contributed by atoms with Crippen LogP contribution in [-0.4, -0.2) is 9.66 Å². The van der Waals surface area contributed by atoms with Crippen molar-refractivity contribution in [2.75, 3.05) is 0 Å². The van der Waals surface area contributed by atoms with Gasteiger partial charge in [0.2, 0.25) is 0 Å². The van der Waals surface area contributed by atoms with Crippen molar-refractivity contribution in [3.05, 3.63) is 53.1 Å². The van der Waals surface area contributed by atoms with Crippen molar-refractivity contribution in [2.24, 2.45) is 0 Å². The van der Waals surface area contributed by atoms with Gasteiger partial charge in [0.15, 0.2) is 0 Å². The van der Waals surface area contributed by atoms with E-state index < -0.39 is 17.3 Å². The van der Waals surface area contributed by atoms with Crippen LogP contribution in [0.3, 0.4) is 0 Å². The monoisotopic (exact) mass is 341 g/mol. The summed E-state index contributed by atoms with van der Waals surface area (Å²) in [5.74, 6) is 0.106. The second-order valence-electron chi connectivity index (χ2n) is 4.44. The van der Waals surface area contributed by atoms with E-state index in [9.17, 15) is 18.3 Å². The van der Waals surface area contributed by atoms with Crippen LogP contribution in [0.2, 0.25) is 0 Å². The molecule has 0 saturated heterocycles. The van der Waals surface area contributed by atoms with E-state index in [0.717, 1.165) is 12.1 Å². The molecule has 0 aliphatic carbocycles. The molecule has 0 radical (unpaired) electrons. The molecule has 0 aromatic heterocycles. The first-order valence-corrected chi connectivity index (χ1v) is 7.00. The summed E-state index contributed by atoms with van der Waals surface area (Å²) >= 11 is 0.445. The molecule has 0 saturated carbocycles. The van der Waals surface area contributed by atoms with Gasteiger partial charge in [0.05, 0.1) is 23.8 Å². The zero-order valence-electron chi connectivity index (χ0n) is 11.5. The first-order valence-electron chi connectivity index (χ1n) is 6.23. The van der Waals surface area contributed by atoms with Crippen LogP contribution < -0.4 is 4.74 Å². The van der Waals surface area contributed by atoms with Gasteiger partial charge < -0.3 is 14.4 Å². The number of rotatable bonds is 4. The fraction of sp³-hybridized carbons (Fsp3) is 0.133. The fourth-order valence-corrected chi connectivity index (χ4v) is 2.26. The lowest BCUT2D eigenvalue weighted by Crippen LogP contribution is -2.07. The second kappa shape index (κ2) is 6.91. The maximum absolute atomic E-state index is 12.9. The van der Waals surface area contributed by atoms with Crippen molar-refractivity contribution < 1.29 is 27.6 Å². The van der Waals surface area contributed by atoms with E-state index in [1.165, 1.54) is 30.3 Å². The molecule has 2 rings (SSSR count). The van der Waals surface area contributed by atoms with Gasteiger partial charge in [-0.05, 0) is 42.0 Å². The molecule has 0 aliphatic heterocycles. The standard InChI is InChI=1S/C15H10F3NO3S/c16-15(17,18)13-6-12(2-1-9(13)7-19)22-11-3-4-14(23-21)10(5-11)8-20/h1-6,20-21H,8H2. The number of hydrogen-bond acceptors (Lipinski definition) is 5. The predicted octanol–water partition coefficient (Wildman–Crippen LogP) is 4.43. The highest BCUT2D eigenvalue weighted by molar-refractivity contribution is 7.93. The fourth-order valence-electron chi connectivity index (χ4n) is 1.89. The summed E-state index contributed by atoms with van der Waals surface area (Å²) in [7, 11) is 0. The molecule has 0 spiro atoms. The van der Waals surface area contributed by atoms with Crippen LogP contribution in [0.4, 0.5) is 13.2 Å². The molecule has 0 atom stereocenters. The van der Waals surface area contributed by atoms with Gasteiger partial charge in [-0.15, -0.1) is 0 Å². The quantitative estimate of drug-likeness (QED) is 0.805. The number of nitrogens with zero attached hydrogens (tertiary/aromatic N) is 1. The highest BCUT2D eigenvalue weighted by atomic mass is 32.2. The molecule has 23 heavy (non-hydrogen) atoms. The van der Waals surface area contributed by atoms with Gasteiger partial charge in [0.1, 0.15) is 11.5 Å². The highest BCUT2D eigenvalue weighted by Crippen LogP contribution is 2.35. The Morgan fingerprint density at radius 1 is 1.13 bits per heavy atom. The van der Waals surface area contributed by atoms with E-state index in [2.05, 4.69) is 0 Å². The molecule has 0 amide bonds. The summed E-state index contributed by atoms with van der Waals surface area (Å²) in [6.45, 7) is -0.360. The Balaban J connectivity index is 2.36. The van der Waals surface area contributed by atoms with Crippen molar-refractivity contribution in [1.82, 2.24) is 0 Å². The van der Waals surface area contributed by atoms with Crippen LogP contribution in [0, 0.1) is 11.3 Å². The first-order chi connectivity index (χ1) is 10.9. The molecule has 0 unspecified atom stereocenters. The Morgan fingerprint density at radius 3 is 2.35 bits per heavy atom. The first kappa shape index (κ1) is 17.1. The van der Waals surface area contributed by atoms with E-state index in [-0.39, 0.29) is 18.1 Å². The number of alkyl halides is 3. The third-order valence-electron chi connectivity index (χ3n) is 2.95. The molecule has 0 fully saturated rings. The number of hydrogen-bond donors (Lipinski definition) is 2. The Kier molecular flexibility index (Phi) is 5.15. The molecule has 8 heteroatoms. The third kappa shape index (κ3) is 3.96. The number of nitriles is 1. The highest BCUT2D eigenvalue weighted by Gasteiger charge is 2.34. The van der Waals surface area contributed by atoms with Gasteiger partial charge in [-0.3, -0.25) is 0 Å². The zero-order chi connectivity index (χ0) is 17.0. The summed E-state index contributed by atoms with van der Waals surface area (Å²) in [5, 5.41) is 17.9. The lowest BCUT2D eigenvalue weighted by molar-refractivity contribution is -0.137. The van der Waals surface area contributed by atoms with Gasteiger partial charge in [-0.1, -0.05) is 0 Å². The van der Waals surface area contributed by atoms with Crippen molar-refractivity contribution >= 4 is 12.0 Å². The third-order valence-corrected chi connectivity index (χ3v) is 3.55. The topological polar surface area (TPSA) is 73.5 Å². The summed E-state index contributed by atoms with van der Waals surface area (Å²) in [6, 6.07) is 8.84. The molecule has 0 heterocycles. The molecule has 0 aliphatic rings. The molecule has 2 N–H and O–H groups in total. The van der Waals surface area contributed by atoms with Crippen LogP contribution in [0.15, 0.2) is 41.3 Å². The van der Waals surface area contributed by atoms with E-state index >= 15 is 0 Å². The van der Waals surface area contributed by atoms with Gasteiger partial charge in [-0.2, -0.15) is 18.4 Å². The SMILES string of the molecule is N#Cc1ccc(Oc2ccc(SO)c(CO)c2)cc1C(F)(F)F. The summed E-state index contributed by atoms with van der Waals surface area (Å²) in [6.07, 6.45) is -4.67. The van der Waals surface area contributed by atoms with Crippen LogP contribution in [0.1, 0.15) is 16.7 Å². The number of ether oxygens (including phenoxy) is 1. The molecule has 0 bridgehead atoms. The van der Waals surface area contributed by atoms with E-state index in [1.807, 2.05) is 0 Å². The number of aliphatic hydroxyl groups excluding tert-OH is 1. The van der Waals surface area contributed by atoms with Gasteiger partial charge in [0.25, 0.3) is 0 Å². The average molecular weight is 341 g/mol. The minimum Gasteiger partial charge on any atom is -0.457 e. The Hall–Kier alpha value is -2.21.